The highest BCUT2D eigenvalue weighted by molar-refractivity contribution is 5.93. The van der Waals surface area contributed by atoms with Crippen molar-refractivity contribution in [1.82, 2.24) is 9.97 Å². The van der Waals surface area contributed by atoms with E-state index in [4.69, 9.17) is 4.74 Å². The molecule has 0 aliphatic rings. The zero-order chi connectivity index (χ0) is 16.9. The van der Waals surface area contributed by atoms with Crippen LogP contribution in [0.1, 0.15) is 17.8 Å². The van der Waals surface area contributed by atoms with Gasteiger partial charge in [-0.3, -0.25) is 4.79 Å². The van der Waals surface area contributed by atoms with E-state index < -0.39 is 0 Å². The number of rotatable bonds is 5. The fourth-order valence-corrected chi connectivity index (χ4v) is 2.31. The third kappa shape index (κ3) is 3.87. The topological polar surface area (TPSA) is 64.1 Å². The quantitative estimate of drug-likeness (QED) is 0.779. The zero-order valence-electron chi connectivity index (χ0n) is 13.7. The van der Waals surface area contributed by atoms with E-state index in [-0.39, 0.29) is 12.3 Å². The minimum Gasteiger partial charge on any atom is -0.493 e. The zero-order valence-corrected chi connectivity index (χ0v) is 13.7. The van der Waals surface area contributed by atoms with Gasteiger partial charge in [0.2, 0.25) is 5.91 Å². The molecule has 0 saturated carbocycles. The number of fused-ring (bicyclic) bond motifs is 1. The summed E-state index contributed by atoms with van der Waals surface area (Å²) in [4.78, 5) is 21.0. The molecule has 5 heteroatoms. The number of nitrogens with one attached hydrogen (secondary N) is 1. The summed E-state index contributed by atoms with van der Waals surface area (Å²) in [5.74, 6) is 0.666. The van der Waals surface area contributed by atoms with Gasteiger partial charge in [0.05, 0.1) is 35.4 Å². The van der Waals surface area contributed by atoms with Crippen LogP contribution < -0.4 is 10.1 Å². The average Bonchev–Trinajstić information content (AvgIpc) is 2.57. The van der Waals surface area contributed by atoms with Gasteiger partial charge in [-0.05, 0) is 44.2 Å². The number of para-hydroxylation sites is 1. The van der Waals surface area contributed by atoms with Crippen LogP contribution in [0.2, 0.25) is 0 Å². The number of benzene rings is 2. The Morgan fingerprint density at radius 1 is 1.00 bits per heavy atom. The van der Waals surface area contributed by atoms with E-state index in [2.05, 4.69) is 15.3 Å². The van der Waals surface area contributed by atoms with Crippen LogP contribution in [0.15, 0.2) is 48.5 Å². The molecule has 122 valence electrons. The number of ether oxygens (including phenoxy) is 1. The molecule has 24 heavy (non-hydrogen) atoms. The highest BCUT2D eigenvalue weighted by Crippen LogP contribution is 2.18. The van der Waals surface area contributed by atoms with Crippen molar-refractivity contribution in [3.05, 3.63) is 59.9 Å². The Morgan fingerprint density at radius 2 is 1.71 bits per heavy atom. The van der Waals surface area contributed by atoms with Crippen LogP contribution >= 0.6 is 0 Å². The molecule has 0 atom stereocenters. The molecule has 3 aromatic rings. The van der Waals surface area contributed by atoms with Gasteiger partial charge in [-0.2, -0.15) is 0 Å². The first-order valence-corrected chi connectivity index (χ1v) is 7.84. The van der Waals surface area contributed by atoms with E-state index in [0.29, 0.717) is 12.3 Å². The average molecular weight is 321 g/mol. The van der Waals surface area contributed by atoms with Gasteiger partial charge in [-0.15, -0.1) is 0 Å². The maximum atomic E-state index is 12.0. The normalized spacial score (nSPS) is 10.6. The molecule has 5 nitrogen and oxygen atoms in total. The van der Waals surface area contributed by atoms with Crippen molar-refractivity contribution in [2.24, 2.45) is 0 Å². The molecule has 1 amide bonds. The number of hydrogen-bond donors (Lipinski definition) is 1. The van der Waals surface area contributed by atoms with Crippen molar-refractivity contribution in [1.29, 1.82) is 0 Å². The highest BCUT2D eigenvalue weighted by atomic mass is 16.5. The third-order valence-electron chi connectivity index (χ3n) is 3.70. The minimum atomic E-state index is -0.0953. The van der Waals surface area contributed by atoms with Gasteiger partial charge < -0.3 is 10.1 Å². The SMILES string of the molecule is Cc1nc2ccc(NC(=O)CCOc3ccccc3)cc2nc1C. The van der Waals surface area contributed by atoms with E-state index in [1.807, 2.05) is 62.4 Å². The third-order valence-corrected chi connectivity index (χ3v) is 3.70. The van der Waals surface area contributed by atoms with Crippen LogP contribution in [0.5, 0.6) is 5.75 Å². The Morgan fingerprint density at radius 3 is 2.46 bits per heavy atom. The molecule has 1 aromatic heterocycles. The van der Waals surface area contributed by atoms with Gasteiger partial charge in [0.15, 0.2) is 0 Å². The van der Waals surface area contributed by atoms with Crippen LogP contribution in [0.3, 0.4) is 0 Å². The fraction of sp³-hybridized carbons (Fsp3) is 0.211. The summed E-state index contributed by atoms with van der Waals surface area (Å²) >= 11 is 0. The Bertz CT molecular complexity index is 863. The summed E-state index contributed by atoms with van der Waals surface area (Å²) in [5, 5.41) is 2.87. The predicted octanol–water partition coefficient (Wildman–Crippen LogP) is 3.65. The Balaban J connectivity index is 1.60. The van der Waals surface area contributed by atoms with Crippen LogP contribution in [-0.4, -0.2) is 22.5 Å². The Hall–Kier alpha value is -2.95. The molecule has 0 radical (unpaired) electrons. The number of nitrogens with zero attached hydrogens (tertiary/aromatic N) is 2. The summed E-state index contributed by atoms with van der Waals surface area (Å²) in [6.07, 6.45) is 0.283. The number of hydrogen-bond acceptors (Lipinski definition) is 4. The van der Waals surface area contributed by atoms with Crippen molar-refractivity contribution in [3.63, 3.8) is 0 Å². The lowest BCUT2D eigenvalue weighted by atomic mass is 10.2. The van der Waals surface area contributed by atoms with Gasteiger partial charge in [-0.1, -0.05) is 18.2 Å². The number of amides is 1. The monoisotopic (exact) mass is 321 g/mol. The smallest absolute Gasteiger partial charge is 0.227 e. The van der Waals surface area contributed by atoms with E-state index in [1.165, 1.54) is 0 Å². The second-order valence-electron chi connectivity index (χ2n) is 5.56. The molecule has 0 aliphatic heterocycles. The molecular formula is C19H19N3O2. The van der Waals surface area contributed by atoms with Crippen molar-refractivity contribution >= 4 is 22.6 Å². The Labute approximate surface area is 140 Å². The van der Waals surface area contributed by atoms with Crippen molar-refractivity contribution in [2.75, 3.05) is 11.9 Å². The van der Waals surface area contributed by atoms with Gasteiger partial charge in [0.1, 0.15) is 5.75 Å². The Kier molecular flexibility index (Phi) is 4.70. The van der Waals surface area contributed by atoms with E-state index >= 15 is 0 Å². The van der Waals surface area contributed by atoms with Gasteiger partial charge in [0, 0.05) is 5.69 Å². The molecule has 0 bridgehead atoms. The first-order chi connectivity index (χ1) is 11.6. The summed E-state index contributed by atoms with van der Waals surface area (Å²) in [6.45, 7) is 4.19. The predicted molar refractivity (Wildman–Crippen MR) is 94.2 cm³/mol. The molecule has 0 aliphatic carbocycles. The number of aryl methyl sites for hydroxylation is 2. The molecular weight excluding hydrogens is 302 g/mol. The number of carbonyl (C=O) groups is 1. The minimum absolute atomic E-state index is 0.0953. The van der Waals surface area contributed by atoms with Crippen LogP contribution in [0.25, 0.3) is 11.0 Å². The molecule has 0 spiro atoms. The first kappa shape index (κ1) is 15.9. The summed E-state index contributed by atoms with van der Waals surface area (Å²) < 4.78 is 5.53. The summed E-state index contributed by atoms with van der Waals surface area (Å²) in [5.41, 5.74) is 4.12. The maximum Gasteiger partial charge on any atom is 0.227 e. The number of anilines is 1. The fourth-order valence-electron chi connectivity index (χ4n) is 2.31. The molecule has 1 N–H and O–H groups in total. The first-order valence-electron chi connectivity index (χ1n) is 7.84. The summed E-state index contributed by atoms with van der Waals surface area (Å²) in [6, 6.07) is 15.0. The lowest BCUT2D eigenvalue weighted by Crippen LogP contribution is -2.15. The number of carbonyl (C=O) groups excluding carboxylic acids is 1. The number of aromatic nitrogens is 2. The van der Waals surface area contributed by atoms with Crippen LogP contribution in [-0.2, 0) is 4.79 Å². The van der Waals surface area contributed by atoms with Crippen molar-refractivity contribution in [3.8, 4) is 5.75 Å². The largest absolute Gasteiger partial charge is 0.493 e. The highest BCUT2D eigenvalue weighted by Gasteiger charge is 2.06. The van der Waals surface area contributed by atoms with Crippen molar-refractivity contribution in [2.45, 2.75) is 20.3 Å². The molecule has 2 aromatic carbocycles. The van der Waals surface area contributed by atoms with Gasteiger partial charge in [0.25, 0.3) is 0 Å². The van der Waals surface area contributed by atoms with Crippen LogP contribution in [0, 0.1) is 13.8 Å². The van der Waals surface area contributed by atoms with Gasteiger partial charge in [-0.25, -0.2) is 9.97 Å². The maximum absolute atomic E-state index is 12.0. The lowest BCUT2D eigenvalue weighted by molar-refractivity contribution is -0.116. The molecule has 0 fully saturated rings. The van der Waals surface area contributed by atoms with E-state index in [9.17, 15) is 4.79 Å². The molecule has 3 rings (SSSR count). The molecule has 0 saturated heterocycles. The van der Waals surface area contributed by atoms with E-state index in [0.717, 1.165) is 28.2 Å². The van der Waals surface area contributed by atoms with Crippen molar-refractivity contribution < 1.29 is 9.53 Å². The second-order valence-corrected chi connectivity index (χ2v) is 5.56. The van der Waals surface area contributed by atoms with E-state index in [1.54, 1.807) is 0 Å². The molecule has 1 heterocycles. The van der Waals surface area contributed by atoms with Gasteiger partial charge >= 0.3 is 0 Å². The summed E-state index contributed by atoms with van der Waals surface area (Å²) in [7, 11) is 0. The standard InChI is InChI=1S/C19H19N3O2/c1-13-14(2)21-18-12-15(8-9-17(18)20-13)22-19(23)10-11-24-16-6-4-3-5-7-16/h3-9,12H,10-11H2,1-2H3,(H,22,23). The van der Waals surface area contributed by atoms with Crippen LogP contribution in [0.4, 0.5) is 5.69 Å². The molecule has 0 unspecified atom stereocenters. The second kappa shape index (κ2) is 7.08. The lowest BCUT2D eigenvalue weighted by Gasteiger charge is -2.08.